The molecule has 0 aliphatic rings. The van der Waals surface area contributed by atoms with E-state index in [9.17, 15) is 13.2 Å². The van der Waals surface area contributed by atoms with Gasteiger partial charge in [-0.15, -0.1) is 0 Å². The van der Waals surface area contributed by atoms with Crippen molar-refractivity contribution in [3.63, 3.8) is 0 Å². The zero-order valence-corrected chi connectivity index (χ0v) is 13.7. The van der Waals surface area contributed by atoms with Gasteiger partial charge in [-0.1, -0.05) is 12.1 Å². The Morgan fingerprint density at radius 1 is 1.09 bits per heavy atom. The van der Waals surface area contributed by atoms with E-state index < -0.39 is 10.0 Å². The zero-order valence-electron chi connectivity index (χ0n) is 12.9. The van der Waals surface area contributed by atoms with Crippen LogP contribution in [0.2, 0.25) is 0 Å². The Kier molecular flexibility index (Phi) is 5.23. The van der Waals surface area contributed by atoms with Crippen LogP contribution in [0.25, 0.3) is 0 Å². The van der Waals surface area contributed by atoms with Gasteiger partial charge >= 0.3 is 0 Å². The summed E-state index contributed by atoms with van der Waals surface area (Å²) in [5, 5.41) is 2.65. The lowest BCUT2D eigenvalue weighted by atomic mass is 10.2. The fraction of sp³-hybridized carbons (Fsp3) is 0.188. The predicted molar refractivity (Wildman–Crippen MR) is 88.3 cm³/mol. The second-order valence-corrected chi connectivity index (χ2v) is 6.37. The third-order valence-corrected chi connectivity index (χ3v) is 4.50. The lowest BCUT2D eigenvalue weighted by Gasteiger charge is -2.12. The van der Waals surface area contributed by atoms with Gasteiger partial charge in [0.2, 0.25) is 0 Å². The van der Waals surface area contributed by atoms with Gasteiger partial charge in [0.15, 0.2) is 0 Å². The SMILES string of the molecule is CCNC(=O)c1ccc(S(=O)(=O)Nc2ccccc2OC)cc1. The topological polar surface area (TPSA) is 84.5 Å². The Bertz CT molecular complexity index is 786. The third kappa shape index (κ3) is 4.01. The highest BCUT2D eigenvalue weighted by molar-refractivity contribution is 7.92. The first-order valence-electron chi connectivity index (χ1n) is 7.02. The number of hydrogen-bond acceptors (Lipinski definition) is 4. The first kappa shape index (κ1) is 16.8. The highest BCUT2D eigenvalue weighted by Crippen LogP contribution is 2.26. The number of benzene rings is 2. The molecule has 0 aliphatic carbocycles. The smallest absolute Gasteiger partial charge is 0.262 e. The van der Waals surface area contributed by atoms with Crippen LogP contribution < -0.4 is 14.8 Å². The second-order valence-electron chi connectivity index (χ2n) is 4.69. The molecular formula is C16H18N2O4S. The molecular weight excluding hydrogens is 316 g/mol. The van der Waals surface area contributed by atoms with E-state index in [-0.39, 0.29) is 10.8 Å². The van der Waals surface area contributed by atoms with Gasteiger partial charge in [-0.2, -0.15) is 0 Å². The Morgan fingerprint density at radius 3 is 2.35 bits per heavy atom. The van der Waals surface area contributed by atoms with Crippen molar-refractivity contribution in [2.75, 3.05) is 18.4 Å². The molecule has 6 nitrogen and oxygen atoms in total. The highest BCUT2D eigenvalue weighted by Gasteiger charge is 2.17. The molecule has 0 aromatic heterocycles. The molecule has 0 saturated heterocycles. The number of carbonyl (C=O) groups excluding carboxylic acids is 1. The maximum Gasteiger partial charge on any atom is 0.262 e. The van der Waals surface area contributed by atoms with Gasteiger partial charge in [-0.3, -0.25) is 9.52 Å². The van der Waals surface area contributed by atoms with Crippen LogP contribution in [0.1, 0.15) is 17.3 Å². The molecule has 0 fully saturated rings. The van der Waals surface area contributed by atoms with Gasteiger partial charge in [0.25, 0.3) is 15.9 Å². The number of amides is 1. The van der Waals surface area contributed by atoms with Crippen molar-refractivity contribution >= 4 is 21.6 Å². The molecule has 0 heterocycles. The minimum atomic E-state index is -3.76. The van der Waals surface area contributed by atoms with Crippen molar-refractivity contribution in [1.29, 1.82) is 0 Å². The zero-order chi connectivity index (χ0) is 16.9. The largest absolute Gasteiger partial charge is 0.495 e. The number of para-hydroxylation sites is 2. The molecule has 2 aromatic carbocycles. The van der Waals surface area contributed by atoms with E-state index in [1.165, 1.54) is 31.4 Å². The summed E-state index contributed by atoms with van der Waals surface area (Å²) < 4.78 is 32.4. The average molecular weight is 334 g/mol. The minimum Gasteiger partial charge on any atom is -0.495 e. The van der Waals surface area contributed by atoms with Crippen LogP contribution in [-0.2, 0) is 10.0 Å². The Labute approximate surface area is 135 Å². The maximum atomic E-state index is 12.4. The molecule has 0 aliphatic heterocycles. The minimum absolute atomic E-state index is 0.0662. The standard InChI is InChI=1S/C16H18N2O4S/c1-3-17-16(19)12-8-10-13(11-9-12)23(20,21)18-14-6-4-5-7-15(14)22-2/h4-11,18H,3H2,1-2H3,(H,17,19). The quantitative estimate of drug-likeness (QED) is 0.848. The van der Waals surface area contributed by atoms with Crippen molar-refractivity contribution in [1.82, 2.24) is 5.32 Å². The lowest BCUT2D eigenvalue weighted by molar-refractivity contribution is 0.0955. The van der Waals surface area contributed by atoms with Crippen LogP contribution in [0.4, 0.5) is 5.69 Å². The van der Waals surface area contributed by atoms with Crippen LogP contribution in [0.3, 0.4) is 0 Å². The number of methoxy groups -OCH3 is 1. The second kappa shape index (κ2) is 7.15. The molecule has 7 heteroatoms. The van der Waals surface area contributed by atoms with Crippen LogP contribution >= 0.6 is 0 Å². The van der Waals surface area contributed by atoms with Gasteiger partial charge in [0.05, 0.1) is 17.7 Å². The maximum absolute atomic E-state index is 12.4. The molecule has 0 radical (unpaired) electrons. The fourth-order valence-electron chi connectivity index (χ4n) is 1.98. The van der Waals surface area contributed by atoms with Crippen LogP contribution in [-0.4, -0.2) is 28.0 Å². The summed E-state index contributed by atoms with van der Waals surface area (Å²) in [6.07, 6.45) is 0. The monoisotopic (exact) mass is 334 g/mol. The summed E-state index contributed by atoms with van der Waals surface area (Å²) in [6, 6.07) is 12.5. The summed E-state index contributed by atoms with van der Waals surface area (Å²) in [5.41, 5.74) is 0.755. The molecule has 2 rings (SSSR count). The molecule has 0 saturated carbocycles. The first-order valence-corrected chi connectivity index (χ1v) is 8.50. The van der Waals surface area contributed by atoms with Crippen LogP contribution in [0, 0.1) is 0 Å². The first-order chi connectivity index (χ1) is 11.0. The number of nitrogens with one attached hydrogen (secondary N) is 2. The molecule has 0 spiro atoms. The van der Waals surface area contributed by atoms with Crippen molar-refractivity contribution in [3.8, 4) is 5.75 Å². The normalized spacial score (nSPS) is 10.9. The summed E-state index contributed by atoms with van der Waals surface area (Å²) in [6.45, 7) is 2.32. The Balaban J connectivity index is 2.24. The molecule has 2 aromatic rings. The molecule has 2 N–H and O–H groups in total. The molecule has 122 valence electrons. The van der Waals surface area contributed by atoms with Crippen molar-refractivity contribution < 1.29 is 17.9 Å². The van der Waals surface area contributed by atoms with E-state index in [2.05, 4.69) is 10.0 Å². The number of rotatable bonds is 6. The summed E-state index contributed by atoms with van der Waals surface area (Å²) in [4.78, 5) is 11.8. The molecule has 0 bridgehead atoms. The summed E-state index contributed by atoms with van der Waals surface area (Å²) in [5.74, 6) is 0.184. The number of ether oxygens (including phenoxy) is 1. The number of carbonyl (C=O) groups is 1. The van der Waals surface area contributed by atoms with E-state index in [1.807, 2.05) is 6.92 Å². The highest BCUT2D eigenvalue weighted by atomic mass is 32.2. The van der Waals surface area contributed by atoms with Gasteiger partial charge in [0, 0.05) is 12.1 Å². The van der Waals surface area contributed by atoms with Crippen molar-refractivity contribution in [3.05, 3.63) is 54.1 Å². The fourth-order valence-corrected chi connectivity index (χ4v) is 3.05. The van der Waals surface area contributed by atoms with E-state index in [0.717, 1.165) is 0 Å². The van der Waals surface area contributed by atoms with Crippen molar-refractivity contribution in [2.45, 2.75) is 11.8 Å². The van der Waals surface area contributed by atoms with Gasteiger partial charge < -0.3 is 10.1 Å². The van der Waals surface area contributed by atoms with Crippen LogP contribution in [0.5, 0.6) is 5.75 Å². The van der Waals surface area contributed by atoms with Crippen molar-refractivity contribution in [2.24, 2.45) is 0 Å². The molecule has 0 unspecified atom stereocenters. The average Bonchev–Trinajstić information content (AvgIpc) is 2.55. The molecule has 1 amide bonds. The lowest BCUT2D eigenvalue weighted by Crippen LogP contribution is -2.22. The Hall–Kier alpha value is -2.54. The van der Waals surface area contributed by atoms with Gasteiger partial charge in [-0.25, -0.2) is 8.42 Å². The van der Waals surface area contributed by atoms with E-state index in [1.54, 1.807) is 24.3 Å². The Morgan fingerprint density at radius 2 is 1.74 bits per heavy atom. The van der Waals surface area contributed by atoms with Gasteiger partial charge in [0.1, 0.15) is 5.75 Å². The number of sulfonamides is 1. The van der Waals surface area contributed by atoms with E-state index >= 15 is 0 Å². The molecule has 0 atom stereocenters. The van der Waals surface area contributed by atoms with E-state index in [4.69, 9.17) is 4.74 Å². The van der Waals surface area contributed by atoms with Gasteiger partial charge in [-0.05, 0) is 43.3 Å². The number of hydrogen-bond donors (Lipinski definition) is 2. The summed E-state index contributed by atoms with van der Waals surface area (Å²) in [7, 11) is -2.30. The summed E-state index contributed by atoms with van der Waals surface area (Å²) >= 11 is 0. The third-order valence-electron chi connectivity index (χ3n) is 3.12. The number of anilines is 1. The molecule has 23 heavy (non-hydrogen) atoms. The predicted octanol–water partition coefficient (Wildman–Crippen LogP) is 2.25. The van der Waals surface area contributed by atoms with Crippen LogP contribution in [0.15, 0.2) is 53.4 Å². The van der Waals surface area contributed by atoms with E-state index in [0.29, 0.717) is 23.5 Å².